The van der Waals surface area contributed by atoms with Crippen molar-refractivity contribution in [1.82, 2.24) is 4.90 Å². The Morgan fingerprint density at radius 2 is 2.03 bits per heavy atom. The van der Waals surface area contributed by atoms with E-state index in [2.05, 4.69) is 14.1 Å². The van der Waals surface area contributed by atoms with Crippen LogP contribution in [0.3, 0.4) is 0 Å². The zero-order chi connectivity index (χ0) is 22.8. The average Bonchev–Trinajstić information content (AvgIpc) is 3.44. The molecular weight excluding hydrogens is 419 g/mol. The fourth-order valence-corrected chi connectivity index (χ4v) is 5.12. The summed E-state index contributed by atoms with van der Waals surface area (Å²) < 4.78 is 17.8. The van der Waals surface area contributed by atoms with Gasteiger partial charge in [-0.1, -0.05) is 18.3 Å². The lowest BCUT2D eigenvalue weighted by Crippen LogP contribution is -2.58. The van der Waals surface area contributed by atoms with E-state index in [1.165, 1.54) is 0 Å². The second-order valence-electron chi connectivity index (χ2n) is 10.1. The summed E-state index contributed by atoms with van der Waals surface area (Å²) >= 11 is 0. The molecule has 4 aliphatic rings. The number of amides is 1. The first-order valence-electron chi connectivity index (χ1n) is 11.1. The van der Waals surface area contributed by atoms with Crippen LogP contribution in [-0.2, 0) is 9.53 Å². The van der Waals surface area contributed by atoms with Gasteiger partial charge in [-0.3, -0.25) is 4.79 Å². The van der Waals surface area contributed by atoms with Crippen LogP contribution in [0.4, 0.5) is 0 Å². The Labute approximate surface area is 185 Å². The van der Waals surface area contributed by atoms with Crippen molar-refractivity contribution in [3.8, 4) is 11.5 Å². The Hall–Kier alpha value is -2.34. The maximum absolute atomic E-state index is 12.6. The molecule has 3 heterocycles. The molecule has 3 aliphatic heterocycles. The van der Waals surface area contributed by atoms with Crippen molar-refractivity contribution < 1.29 is 43.4 Å². The number of fused-ring (bicyclic) bond motifs is 3. The van der Waals surface area contributed by atoms with E-state index >= 15 is 0 Å². The van der Waals surface area contributed by atoms with Crippen molar-refractivity contribution >= 4 is 18.6 Å². The van der Waals surface area contributed by atoms with E-state index in [0.717, 1.165) is 17.6 Å². The largest absolute Gasteiger partial charge is 0.669 e. The molecule has 174 valence electrons. The number of quaternary nitrogens is 1. The second-order valence-corrected chi connectivity index (χ2v) is 10.1. The molecule has 3 N–H and O–H groups in total. The van der Waals surface area contributed by atoms with Gasteiger partial charge in [0.05, 0.1) is 46.0 Å². The molecule has 1 aliphatic carbocycles. The topological polar surface area (TPSA) is 126 Å². The van der Waals surface area contributed by atoms with Crippen molar-refractivity contribution in [2.75, 3.05) is 46.9 Å². The number of morpholine rings is 1. The number of nitrogens with zero attached hydrogens (tertiary/aromatic N) is 2. The van der Waals surface area contributed by atoms with Crippen molar-refractivity contribution in [1.29, 1.82) is 0 Å². The lowest BCUT2D eigenvalue weighted by Gasteiger charge is -2.42. The fourth-order valence-electron chi connectivity index (χ4n) is 5.12. The number of carbonyl (C=O) groups is 2. The number of hydrogen-bond acceptors (Lipinski definition) is 7. The van der Waals surface area contributed by atoms with Crippen molar-refractivity contribution in [3.05, 3.63) is 23.3 Å². The minimum absolute atomic E-state index is 0.00296. The van der Waals surface area contributed by atoms with E-state index in [0.29, 0.717) is 38.1 Å². The average molecular weight is 448 g/mol. The quantitative estimate of drug-likeness (QED) is 0.425. The maximum atomic E-state index is 12.6. The van der Waals surface area contributed by atoms with Crippen LogP contribution in [0.5, 0.6) is 11.5 Å². The highest BCUT2D eigenvalue weighted by atomic mass is 16.6. The molecule has 3 fully saturated rings. The highest BCUT2D eigenvalue weighted by molar-refractivity contribution is 6.62. The van der Waals surface area contributed by atoms with Gasteiger partial charge in [-0.2, -0.15) is 0 Å². The van der Waals surface area contributed by atoms with Crippen LogP contribution in [0.1, 0.15) is 34.7 Å². The summed E-state index contributed by atoms with van der Waals surface area (Å²) in [6.07, 6.45) is 0.430. The third kappa shape index (κ3) is 3.83. The summed E-state index contributed by atoms with van der Waals surface area (Å²) in [6.45, 7) is -0.00876. The fraction of sp³-hybridized carbons (Fsp3) is 0.619. The van der Waals surface area contributed by atoms with Crippen LogP contribution in [0.25, 0.3) is 0 Å². The van der Waals surface area contributed by atoms with E-state index in [1.807, 2.05) is 0 Å². The highest BCUT2D eigenvalue weighted by Gasteiger charge is 2.55. The van der Waals surface area contributed by atoms with Crippen LogP contribution in [0.15, 0.2) is 12.1 Å². The van der Waals surface area contributed by atoms with Gasteiger partial charge in [0, 0.05) is 0 Å². The molecule has 1 aromatic carbocycles. The number of benzene rings is 1. The molecule has 0 spiro atoms. The third-order valence-electron chi connectivity index (χ3n) is 7.10. The van der Waals surface area contributed by atoms with Gasteiger partial charge in [-0.15, -0.1) is 0 Å². The first-order valence-corrected chi connectivity index (χ1v) is 11.1. The monoisotopic (exact) mass is 448 g/mol. The summed E-state index contributed by atoms with van der Waals surface area (Å²) in [4.78, 5) is 26.2. The minimum Gasteiger partial charge on any atom is -0.669 e. The second kappa shape index (κ2) is 7.34. The van der Waals surface area contributed by atoms with E-state index in [-0.39, 0.29) is 46.9 Å². The van der Waals surface area contributed by atoms with Gasteiger partial charge in [0.15, 0.2) is 0 Å². The zero-order valence-corrected chi connectivity index (χ0v) is 18.3. The Bertz CT molecular complexity index is 961. The number of carboxylic acids is 1. The van der Waals surface area contributed by atoms with Gasteiger partial charge in [0.1, 0.15) is 36.6 Å². The number of likely N-dealkylation sites (tertiary alicyclic amines) is 1. The van der Waals surface area contributed by atoms with Gasteiger partial charge in [-0.25, -0.2) is 4.79 Å². The molecular formula is C21H29BN2O8. The SMILES string of the molecule is C[N+]1(C)CCO[C@H](CC(=O)N2CC(Oc3ccc4c(c3C(=O)O)O[B-](O)(O)[C@@H]3CC43)C2)C1. The molecule has 1 amide bonds. The predicted octanol–water partition coefficient (Wildman–Crippen LogP) is 0.0131. The third-order valence-corrected chi connectivity index (χ3v) is 7.10. The molecule has 5 rings (SSSR count). The van der Waals surface area contributed by atoms with E-state index in [1.54, 1.807) is 17.0 Å². The maximum Gasteiger partial charge on any atom is 0.434 e. The van der Waals surface area contributed by atoms with E-state index in [4.69, 9.17) is 14.1 Å². The molecule has 1 saturated carbocycles. The standard InChI is InChI=1S/C21H29BN2O8/c1-24(2)5-6-30-12(11-24)7-18(25)23-9-13(10-23)31-17-4-3-14-15-8-16(15)22(28,29)32-20(14)19(17)21(26)27/h3-4,12-13,15-16,28-29H,5-11H2,1-2H3,(H,26,27)/t12-,15?,16-/m1/s1. The number of ether oxygens (including phenoxy) is 2. The smallest absolute Gasteiger partial charge is 0.434 e. The van der Waals surface area contributed by atoms with E-state index < -0.39 is 12.7 Å². The van der Waals surface area contributed by atoms with Crippen LogP contribution in [0, 0.1) is 0 Å². The summed E-state index contributed by atoms with van der Waals surface area (Å²) in [7, 11) is 4.25. The molecule has 10 nitrogen and oxygen atoms in total. The zero-order valence-electron chi connectivity index (χ0n) is 18.3. The number of rotatable bonds is 5. The Morgan fingerprint density at radius 1 is 1.28 bits per heavy atom. The van der Waals surface area contributed by atoms with Gasteiger partial charge in [0.2, 0.25) is 5.91 Å². The van der Waals surface area contributed by atoms with Gasteiger partial charge in [-0.05, 0) is 17.5 Å². The van der Waals surface area contributed by atoms with E-state index in [9.17, 15) is 24.7 Å². The molecule has 1 unspecified atom stereocenters. The number of likely N-dealkylation sites (N-methyl/N-ethyl adjacent to an activating group) is 1. The Kier molecular flexibility index (Phi) is 4.93. The lowest BCUT2D eigenvalue weighted by molar-refractivity contribution is -0.901. The van der Waals surface area contributed by atoms with Gasteiger partial charge in [0.25, 0.3) is 0 Å². The summed E-state index contributed by atoms with van der Waals surface area (Å²) in [6, 6.07) is 3.32. The summed E-state index contributed by atoms with van der Waals surface area (Å²) in [5, 5.41) is 30.0. The Balaban J connectivity index is 1.23. The van der Waals surface area contributed by atoms with Crippen LogP contribution in [-0.4, -0.2) is 102 Å². The molecule has 32 heavy (non-hydrogen) atoms. The minimum atomic E-state index is -3.09. The Morgan fingerprint density at radius 3 is 2.72 bits per heavy atom. The normalized spacial score (nSPS) is 29.8. The number of carboxylic acid groups (broad SMARTS) is 1. The van der Waals surface area contributed by atoms with Crippen LogP contribution < -0.4 is 9.39 Å². The van der Waals surface area contributed by atoms with Crippen LogP contribution in [0.2, 0.25) is 5.82 Å². The molecule has 2 saturated heterocycles. The molecule has 11 heteroatoms. The van der Waals surface area contributed by atoms with Gasteiger partial charge < -0.3 is 38.7 Å². The predicted molar refractivity (Wildman–Crippen MR) is 113 cm³/mol. The molecule has 0 aromatic heterocycles. The molecule has 1 aromatic rings. The van der Waals surface area contributed by atoms with Gasteiger partial charge >= 0.3 is 12.7 Å². The molecule has 0 bridgehead atoms. The summed E-state index contributed by atoms with van der Waals surface area (Å²) in [5.74, 6) is -1.68. The van der Waals surface area contributed by atoms with Crippen molar-refractivity contribution in [2.24, 2.45) is 0 Å². The first-order chi connectivity index (χ1) is 15.0. The number of hydrogen-bond donors (Lipinski definition) is 3. The lowest BCUT2D eigenvalue weighted by atomic mass is 9.68. The molecule has 3 atom stereocenters. The summed E-state index contributed by atoms with van der Waals surface area (Å²) in [5.41, 5.74) is 0.460. The van der Waals surface area contributed by atoms with Crippen molar-refractivity contribution in [2.45, 2.75) is 36.8 Å². The van der Waals surface area contributed by atoms with Crippen LogP contribution >= 0.6 is 0 Å². The highest BCUT2D eigenvalue weighted by Crippen LogP contribution is 2.63. The first kappa shape index (κ1) is 21.5. The number of aromatic carboxylic acids is 1. The molecule has 0 radical (unpaired) electrons. The van der Waals surface area contributed by atoms with Crippen molar-refractivity contribution in [3.63, 3.8) is 0 Å². The number of carbonyl (C=O) groups excluding carboxylic acids is 1.